The molecule has 0 saturated carbocycles. The van der Waals surface area contributed by atoms with Gasteiger partial charge >= 0.3 is 0 Å². The van der Waals surface area contributed by atoms with Gasteiger partial charge in [0, 0.05) is 35.6 Å². The molecule has 0 aliphatic heterocycles. The smallest absolute Gasteiger partial charge is 0.269 e. The van der Waals surface area contributed by atoms with Crippen LogP contribution in [0.3, 0.4) is 0 Å². The van der Waals surface area contributed by atoms with E-state index in [1.807, 2.05) is 42.2 Å². The van der Waals surface area contributed by atoms with Gasteiger partial charge in [-0.3, -0.25) is 10.1 Å². The summed E-state index contributed by atoms with van der Waals surface area (Å²) in [7, 11) is 0. The number of nitrogens with zero attached hydrogens (tertiary/aromatic N) is 2. The minimum atomic E-state index is -0.457. The summed E-state index contributed by atoms with van der Waals surface area (Å²) in [6.45, 7) is 2.46. The number of nitro groups is 1. The Morgan fingerprint density at radius 2 is 1.90 bits per heavy atom. The molecule has 0 aliphatic rings. The number of hydrogen-bond donors (Lipinski definition) is 1. The summed E-state index contributed by atoms with van der Waals surface area (Å²) in [5.74, 6) is 0. The van der Waals surface area contributed by atoms with Crippen molar-refractivity contribution in [1.29, 1.82) is 0 Å². The Labute approximate surface area is 117 Å². The van der Waals surface area contributed by atoms with Crippen molar-refractivity contribution >= 4 is 17.1 Å². The van der Waals surface area contributed by atoms with Gasteiger partial charge in [0.2, 0.25) is 0 Å². The highest BCUT2D eigenvalue weighted by Crippen LogP contribution is 2.30. The number of anilines is 2. The first kappa shape index (κ1) is 14.0. The van der Waals surface area contributed by atoms with Gasteiger partial charge in [-0.25, -0.2) is 0 Å². The van der Waals surface area contributed by atoms with E-state index in [2.05, 4.69) is 0 Å². The molecule has 0 atom stereocenters. The first-order valence-electron chi connectivity index (χ1n) is 6.38. The van der Waals surface area contributed by atoms with Gasteiger partial charge in [0.25, 0.3) is 5.69 Å². The predicted octanol–water partition coefficient (Wildman–Crippen LogP) is 3.25. The Kier molecular flexibility index (Phi) is 4.32. The topological polar surface area (TPSA) is 66.6 Å². The zero-order valence-corrected chi connectivity index (χ0v) is 11.2. The van der Waals surface area contributed by atoms with Crippen LogP contribution in [0.15, 0.2) is 48.5 Å². The van der Waals surface area contributed by atoms with E-state index in [1.54, 1.807) is 6.07 Å². The number of aliphatic hydroxyl groups is 1. The average Bonchev–Trinajstić information content (AvgIpc) is 2.49. The van der Waals surface area contributed by atoms with E-state index in [0.29, 0.717) is 12.1 Å². The van der Waals surface area contributed by atoms with Gasteiger partial charge in [-0.15, -0.1) is 0 Å². The molecule has 2 aromatic rings. The minimum absolute atomic E-state index is 0.0121. The second-order valence-corrected chi connectivity index (χ2v) is 4.31. The van der Waals surface area contributed by atoms with E-state index in [4.69, 9.17) is 0 Å². The molecule has 0 amide bonds. The van der Waals surface area contributed by atoms with E-state index in [1.165, 1.54) is 12.1 Å². The fourth-order valence-corrected chi connectivity index (χ4v) is 2.18. The van der Waals surface area contributed by atoms with E-state index < -0.39 is 4.92 Å². The summed E-state index contributed by atoms with van der Waals surface area (Å²) in [5.41, 5.74) is 2.30. The van der Waals surface area contributed by atoms with E-state index in [9.17, 15) is 15.2 Å². The summed E-state index contributed by atoms with van der Waals surface area (Å²) >= 11 is 0. The molecule has 0 aliphatic carbocycles. The molecule has 1 N–H and O–H groups in total. The van der Waals surface area contributed by atoms with Gasteiger partial charge in [-0.1, -0.05) is 18.2 Å². The normalized spacial score (nSPS) is 10.3. The first-order valence-corrected chi connectivity index (χ1v) is 6.38. The van der Waals surface area contributed by atoms with Gasteiger partial charge in [-0.05, 0) is 25.1 Å². The van der Waals surface area contributed by atoms with Crippen molar-refractivity contribution in [2.24, 2.45) is 0 Å². The minimum Gasteiger partial charge on any atom is -0.392 e. The van der Waals surface area contributed by atoms with Gasteiger partial charge < -0.3 is 10.0 Å². The molecule has 0 fully saturated rings. The third kappa shape index (κ3) is 2.78. The standard InChI is InChI=1S/C15H16N2O3/c1-2-16(13-6-4-3-5-7-13)15-9-8-14(17(19)20)10-12(15)11-18/h3-10,18H,2,11H2,1H3. The Hall–Kier alpha value is -2.40. The molecule has 2 rings (SSSR count). The molecule has 104 valence electrons. The van der Waals surface area contributed by atoms with Gasteiger partial charge in [0.1, 0.15) is 0 Å². The van der Waals surface area contributed by atoms with Crippen LogP contribution in [-0.4, -0.2) is 16.6 Å². The van der Waals surface area contributed by atoms with Crippen LogP contribution in [0.1, 0.15) is 12.5 Å². The predicted molar refractivity (Wildman–Crippen MR) is 78.1 cm³/mol. The number of non-ortho nitro benzene ring substituents is 1. The monoisotopic (exact) mass is 272 g/mol. The summed E-state index contributed by atoms with van der Waals surface area (Å²) in [6.07, 6.45) is 0. The maximum Gasteiger partial charge on any atom is 0.269 e. The lowest BCUT2D eigenvalue weighted by molar-refractivity contribution is -0.384. The van der Waals surface area contributed by atoms with E-state index >= 15 is 0 Å². The summed E-state index contributed by atoms with van der Waals surface area (Å²) < 4.78 is 0. The van der Waals surface area contributed by atoms with Crippen LogP contribution >= 0.6 is 0 Å². The summed E-state index contributed by atoms with van der Waals surface area (Å²) in [4.78, 5) is 12.4. The molecule has 5 nitrogen and oxygen atoms in total. The molecule has 20 heavy (non-hydrogen) atoms. The molecule has 0 radical (unpaired) electrons. The second kappa shape index (κ2) is 6.16. The van der Waals surface area contributed by atoms with Crippen LogP contribution in [-0.2, 0) is 6.61 Å². The zero-order chi connectivity index (χ0) is 14.5. The van der Waals surface area contributed by atoms with Crippen LogP contribution in [0.4, 0.5) is 17.1 Å². The maximum atomic E-state index is 10.8. The number of para-hydroxylation sites is 1. The average molecular weight is 272 g/mol. The molecule has 0 saturated heterocycles. The van der Waals surface area contributed by atoms with Crippen molar-refractivity contribution in [3.63, 3.8) is 0 Å². The van der Waals surface area contributed by atoms with E-state index in [0.717, 1.165) is 11.4 Å². The van der Waals surface area contributed by atoms with Crippen molar-refractivity contribution in [2.75, 3.05) is 11.4 Å². The van der Waals surface area contributed by atoms with Crippen LogP contribution in [0, 0.1) is 10.1 Å². The highest BCUT2D eigenvalue weighted by molar-refractivity contribution is 5.67. The Bertz CT molecular complexity index is 599. The molecule has 0 aromatic heterocycles. The van der Waals surface area contributed by atoms with Gasteiger partial charge in [-0.2, -0.15) is 0 Å². The van der Waals surface area contributed by atoms with Gasteiger partial charge in [0.15, 0.2) is 0 Å². The Balaban J connectivity index is 2.47. The largest absolute Gasteiger partial charge is 0.392 e. The third-order valence-electron chi connectivity index (χ3n) is 3.12. The maximum absolute atomic E-state index is 10.8. The lowest BCUT2D eigenvalue weighted by Crippen LogP contribution is -2.17. The lowest BCUT2D eigenvalue weighted by Gasteiger charge is -2.25. The van der Waals surface area contributed by atoms with E-state index in [-0.39, 0.29) is 12.3 Å². The number of benzene rings is 2. The van der Waals surface area contributed by atoms with Crippen LogP contribution < -0.4 is 4.90 Å². The second-order valence-electron chi connectivity index (χ2n) is 4.31. The van der Waals surface area contributed by atoms with Crippen molar-refractivity contribution in [2.45, 2.75) is 13.5 Å². The number of nitro benzene ring substituents is 1. The molecule has 0 bridgehead atoms. The Morgan fingerprint density at radius 3 is 2.45 bits per heavy atom. The fraction of sp³-hybridized carbons (Fsp3) is 0.200. The highest BCUT2D eigenvalue weighted by atomic mass is 16.6. The van der Waals surface area contributed by atoms with Crippen LogP contribution in [0.5, 0.6) is 0 Å². The number of hydrogen-bond acceptors (Lipinski definition) is 4. The molecular formula is C15H16N2O3. The Morgan fingerprint density at radius 1 is 1.20 bits per heavy atom. The highest BCUT2D eigenvalue weighted by Gasteiger charge is 2.15. The lowest BCUT2D eigenvalue weighted by atomic mass is 10.1. The summed E-state index contributed by atoms with van der Waals surface area (Å²) in [5, 5.41) is 20.3. The van der Waals surface area contributed by atoms with Crippen molar-refractivity contribution in [3.8, 4) is 0 Å². The van der Waals surface area contributed by atoms with Crippen LogP contribution in [0.2, 0.25) is 0 Å². The molecule has 0 unspecified atom stereocenters. The SMILES string of the molecule is CCN(c1ccccc1)c1ccc([N+](=O)[O-])cc1CO. The fourth-order valence-electron chi connectivity index (χ4n) is 2.18. The van der Waals surface area contributed by atoms with Gasteiger partial charge in [0.05, 0.1) is 11.5 Å². The quantitative estimate of drug-likeness (QED) is 0.670. The van der Waals surface area contributed by atoms with Crippen LogP contribution in [0.25, 0.3) is 0 Å². The van der Waals surface area contributed by atoms with Crippen molar-refractivity contribution in [1.82, 2.24) is 0 Å². The molecule has 0 spiro atoms. The summed E-state index contributed by atoms with van der Waals surface area (Å²) in [6, 6.07) is 14.3. The zero-order valence-electron chi connectivity index (χ0n) is 11.2. The number of aliphatic hydroxyl groups excluding tert-OH is 1. The van der Waals surface area contributed by atoms with Crippen molar-refractivity contribution in [3.05, 3.63) is 64.2 Å². The molecule has 2 aromatic carbocycles. The number of rotatable bonds is 5. The third-order valence-corrected chi connectivity index (χ3v) is 3.12. The molecule has 0 heterocycles. The van der Waals surface area contributed by atoms with Crippen molar-refractivity contribution < 1.29 is 10.0 Å². The molecular weight excluding hydrogens is 256 g/mol. The first-order chi connectivity index (χ1) is 9.67. The molecule has 5 heteroatoms.